The smallest absolute Gasteiger partial charge is 0.257 e. The fourth-order valence-corrected chi connectivity index (χ4v) is 2.25. The highest BCUT2D eigenvalue weighted by Crippen LogP contribution is 2.22. The Bertz CT molecular complexity index is 362. The van der Waals surface area contributed by atoms with Crippen LogP contribution in [-0.2, 0) is 5.75 Å². The van der Waals surface area contributed by atoms with Crippen molar-refractivity contribution in [1.29, 1.82) is 0 Å². The molecule has 0 spiro atoms. The zero-order valence-electron chi connectivity index (χ0n) is 8.85. The topological polar surface area (TPSA) is 55.2 Å². The Hall–Kier alpha value is -0.780. The van der Waals surface area contributed by atoms with Gasteiger partial charge in [-0.3, -0.25) is 10.1 Å². The van der Waals surface area contributed by atoms with E-state index in [1.54, 1.807) is 11.8 Å². The maximum absolute atomic E-state index is 10.1. The van der Waals surface area contributed by atoms with Gasteiger partial charge in [-0.2, -0.15) is 0 Å². The lowest BCUT2D eigenvalue weighted by atomic mass is 10.2. The molecular weight excluding hydrogens is 248 g/mol. The number of rotatable bonds is 6. The zero-order valence-corrected chi connectivity index (χ0v) is 10.4. The van der Waals surface area contributed by atoms with Crippen LogP contribution in [0.5, 0.6) is 0 Å². The summed E-state index contributed by atoms with van der Waals surface area (Å²) in [6, 6.07) is 7.60. The minimum absolute atomic E-state index is 0.0293. The highest BCUT2D eigenvalue weighted by Gasteiger charge is 2.06. The van der Waals surface area contributed by atoms with Gasteiger partial charge >= 0.3 is 0 Å². The molecule has 1 rings (SSSR count). The first kappa shape index (κ1) is 13.3. The van der Waals surface area contributed by atoms with Gasteiger partial charge in [0, 0.05) is 15.7 Å². The van der Waals surface area contributed by atoms with Crippen LogP contribution in [-0.4, -0.2) is 17.0 Å². The van der Waals surface area contributed by atoms with Crippen molar-refractivity contribution in [3.63, 3.8) is 0 Å². The van der Waals surface area contributed by atoms with E-state index in [4.69, 9.17) is 11.6 Å². The summed E-state index contributed by atoms with van der Waals surface area (Å²) in [5.74, 6) is 0.742. The van der Waals surface area contributed by atoms with Crippen LogP contribution in [0.2, 0.25) is 5.02 Å². The third-order valence-corrected chi connectivity index (χ3v) is 3.47. The number of hydrogen-bond donors (Lipinski definition) is 1. The average molecular weight is 261 g/mol. The lowest BCUT2D eigenvalue weighted by Crippen LogP contribution is -2.28. The summed E-state index contributed by atoms with van der Waals surface area (Å²) in [5, 5.41) is 13.7. The van der Waals surface area contributed by atoms with Gasteiger partial charge in [0.1, 0.15) is 0 Å². The van der Waals surface area contributed by atoms with Gasteiger partial charge in [0.05, 0.1) is 5.37 Å². The molecule has 0 saturated heterocycles. The summed E-state index contributed by atoms with van der Waals surface area (Å²) in [7, 11) is 0. The first-order valence-corrected chi connectivity index (χ1v) is 6.22. The van der Waals surface area contributed by atoms with E-state index in [0.717, 1.165) is 16.3 Å². The third kappa shape index (κ3) is 4.83. The second-order valence-electron chi connectivity index (χ2n) is 3.24. The number of hydrogen-bond acceptors (Lipinski definition) is 4. The minimum Gasteiger partial charge on any atom is -0.263 e. The first-order valence-electron chi connectivity index (χ1n) is 4.80. The van der Waals surface area contributed by atoms with E-state index >= 15 is 0 Å². The summed E-state index contributed by atoms with van der Waals surface area (Å²) >= 11 is 7.58. The Balaban J connectivity index is 2.34. The maximum atomic E-state index is 10.1. The molecule has 88 valence electrons. The van der Waals surface area contributed by atoms with Gasteiger partial charge in [-0.1, -0.05) is 29.8 Å². The van der Waals surface area contributed by atoms with E-state index in [-0.39, 0.29) is 17.0 Å². The van der Waals surface area contributed by atoms with Crippen LogP contribution in [0.4, 0.5) is 0 Å². The minimum atomic E-state index is -0.382. The number of nitrogens with one attached hydrogen (secondary N) is 1. The molecule has 1 N–H and O–H groups in total. The van der Waals surface area contributed by atoms with Gasteiger partial charge in [-0.05, 0) is 18.6 Å². The van der Waals surface area contributed by atoms with Crippen molar-refractivity contribution in [3.8, 4) is 0 Å². The quantitative estimate of drug-likeness (QED) is 0.485. The number of nitrogens with zero attached hydrogens (tertiary/aromatic N) is 1. The lowest BCUT2D eigenvalue weighted by Gasteiger charge is -2.10. The predicted octanol–water partition coefficient (Wildman–Crippen LogP) is 2.74. The molecule has 4 nitrogen and oxygen atoms in total. The predicted molar refractivity (Wildman–Crippen MR) is 67.2 cm³/mol. The van der Waals surface area contributed by atoms with E-state index in [0.29, 0.717) is 0 Å². The molecule has 0 fully saturated rings. The Morgan fingerprint density at radius 1 is 1.56 bits per heavy atom. The average Bonchev–Trinajstić information content (AvgIpc) is 2.25. The molecule has 0 aliphatic rings. The molecule has 0 aliphatic carbocycles. The summed E-state index contributed by atoms with van der Waals surface area (Å²) < 4.78 is 0. The third-order valence-electron chi connectivity index (χ3n) is 1.95. The molecule has 1 unspecified atom stereocenters. The Labute approximate surface area is 104 Å². The van der Waals surface area contributed by atoms with Crippen LogP contribution >= 0.6 is 23.4 Å². The molecular formula is C10H13ClN2O2S. The van der Waals surface area contributed by atoms with Crippen LogP contribution in [0.3, 0.4) is 0 Å². The van der Waals surface area contributed by atoms with E-state index < -0.39 is 0 Å². The van der Waals surface area contributed by atoms with Crippen LogP contribution in [0.15, 0.2) is 24.3 Å². The second-order valence-corrected chi connectivity index (χ2v) is 4.98. The molecule has 16 heavy (non-hydrogen) atoms. The number of benzene rings is 1. The largest absolute Gasteiger partial charge is 0.263 e. The molecule has 1 aromatic carbocycles. The summed E-state index contributed by atoms with van der Waals surface area (Å²) in [4.78, 5) is 9.76. The fourth-order valence-electron chi connectivity index (χ4n) is 1.09. The van der Waals surface area contributed by atoms with Crippen LogP contribution in [0, 0.1) is 10.1 Å². The highest BCUT2D eigenvalue weighted by atomic mass is 35.5. The van der Waals surface area contributed by atoms with Crippen molar-refractivity contribution < 1.29 is 4.92 Å². The van der Waals surface area contributed by atoms with E-state index in [1.165, 1.54) is 0 Å². The fraction of sp³-hybridized carbons (Fsp3) is 0.400. The number of thioether (sulfide) groups is 1. The zero-order chi connectivity index (χ0) is 12.0. The Morgan fingerprint density at radius 3 is 2.88 bits per heavy atom. The standard InChI is InChI=1S/C10H13ClN2O2S/c1-8(12-7-13(14)15)16-6-9-4-2-3-5-10(9)11/h2-5,8,12H,6-7H2,1H3. The van der Waals surface area contributed by atoms with Gasteiger partial charge in [0.2, 0.25) is 0 Å². The van der Waals surface area contributed by atoms with Crippen molar-refractivity contribution in [2.24, 2.45) is 0 Å². The second kappa shape index (κ2) is 6.73. The Kier molecular flexibility index (Phi) is 5.59. The molecule has 1 atom stereocenters. The van der Waals surface area contributed by atoms with Crippen LogP contribution in [0.1, 0.15) is 12.5 Å². The molecule has 0 radical (unpaired) electrons. The lowest BCUT2D eigenvalue weighted by molar-refractivity contribution is -0.485. The van der Waals surface area contributed by atoms with Gasteiger partial charge < -0.3 is 0 Å². The molecule has 0 amide bonds. The molecule has 0 heterocycles. The van der Waals surface area contributed by atoms with Crippen molar-refractivity contribution in [2.45, 2.75) is 18.1 Å². The van der Waals surface area contributed by atoms with Crippen molar-refractivity contribution in [2.75, 3.05) is 6.67 Å². The molecule has 0 bridgehead atoms. The number of halogens is 1. The van der Waals surface area contributed by atoms with E-state index in [1.807, 2.05) is 31.2 Å². The summed E-state index contributed by atoms with van der Waals surface area (Å²) in [6.45, 7) is 1.68. The van der Waals surface area contributed by atoms with Gasteiger partial charge in [-0.15, -0.1) is 11.8 Å². The van der Waals surface area contributed by atoms with Crippen molar-refractivity contribution >= 4 is 23.4 Å². The van der Waals surface area contributed by atoms with E-state index in [9.17, 15) is 10.1 Å². The Morgan fingerprint density at radius 2 is 2.25 bits per heavy atom. The monoisotopic (exact) mass is 260 g/mol. The summed E-state index contributed by atoms with van der Waals surface area (Å²) in [6.07, 6.45) is 0. The van der Waals surface area contributed by atoms with E-state index in [2.05, 4.69) is 5.32 Å². The van der Waals surface area contributed by atoms with Gasteiger partial charge in [-0.25, -0.2) is 5.32 Å². The molecule has 6 heteroatoms. The van der Waals surface area contributed by atoms with Gasteiger partial charge in [0.25, 0.3) is 6.67 Å². The maximum Gasteiger partial charge on any atom is 0.257 e. The first-order chi connectivity index (χ1) is 7.59. The molecule has 0 aromatic heterocycles. The van der Waals surface area contributed by atoms with Crippen molar-refractivity contribution in [3.05, 3.63) is 45.0 Å². The molecule has 0 aliphatic heterocycles. The summed E-state index contributed by atoms with van der Waals surface area (Å²) in [5.41, 5.74) is 1.05. The SMILES string of the molecule is CC(NC[N+](=O)[O-])SCc1ccccc1Cl. The molecule has 1 aromatic rings. The normalized spacial score (nSPS) is 12.4. The highest BCUT2D eigenvalue weighted by molar-refractivity contribution is 7.99. The molecule has 0 saturated carbocycles. The van der Waals surface area contributed by atoms with Gasteiger partial charge in [0.15, 0.2) is 0 Å². The van der Waals surface area contributed by atoms with Crippen LogP contribution < -0.4 is 5.32 Å². The van der Waals surface area contributed by atoms with Crippen LogP contribution in [0.25, 0.3) is 0 Å². The van der Waals surface area contributed by atoms with Crippen molar-refractivity contribution in [1.82, 2.24) is 5.32 Å². The number of nitro groups is 1.